The number of H-pyrrole nitrogens is 1. The first kappa shape index (κ1) is 13.9. The van der Waals surface area contributed by atoms with Crippen LogP contribution >= 0.6 is 0 Å². The van der Waals surface area contributed by atoms with Gasteiger partial charge in [-0.2, -0.15) is 5.10 Å². The smallest absolute Gasteiger partial charge is 0.326 e. The number of urea groups is 1. The van der Waals surface area contributed by atoms with E-state index in [1.807, 2.05) is 0 Å². The van der Waals surface area contributed by atoms with Gasteiger partial charge in [0, 0.05) is 20.1 Å². The molecule has 18 heavy (non-hydrogen) atoms. The van der Waals surface area contributed by atoms with Gasteiger partial charge in [0.05, 0.1) is 6.54 Å². The largest absolute Gasteiger partial charge is 0.480 e. The van der Waals surface area contributed by atoms with Crippen molar-refractivity contribution in [2.24, 2.45) is 0 Å². The molecule has 1 rings (SSSR count). The Balaban J connectivity index is 2.50. The zero-order valence-electron chi connectivity index (χ0n) is 9.83. The summed E-state index contributed by atoms with van der Waals surface area (Å²) in [6.45, 7) is -0.139. The Morgan fingerprint density at radius 1 is 1.61 bits per heavy atom. The second-order valence-electron chi connectivity index (χ2n) is 3.64. The van der Waals surface area contributed by atoms with Crippen LogP contribution in [0.4, 0.5) is 4.79 Å². The molecule has 0 radical (unpaired) electrons. The summed E-state index contributed by atoms with van der Waals surface area (Å²) >= 11 is 0. The highest BCUT2D eigenvalue weighted by Gasteiger charge is 2.21. The predicted octanol–water partition coefficient (Wildman–Crippen LogP) is -1.22. The van der Waals surface area contributed by atoms with Crippen molar-refractivity contribution in [1.82, 2.24) is 25.4 Å². The van der Waals surface area contributed by atoms with Gasteiger partial charge in [-0.15, -0.1) is 0 Å². The monoisotopic (exact) mass is 257 g/mol. The van der Waals surface area contributed by atoms with Crippen molar-refractivity contribution in [2.45, 2.75) is 19.0 Å². The lowest BCUT2D eigenvalue weighted by Gasteiger charge is -2.20. The van der Waals surface area contributed by atoms with Crippen LogP contribution in [0.25, 0.3) is 0 Å². The SMILES string of the molecule is CN(Cc1ncn[nH]1)C(=O)NC(CCO)C(=O)O. The van der Waals surface area contributed by atoms with Crippen molar-refractivity contribution in [1.29, 1.82) is 0 Å². The quantitative estimate of drug-likeness (QED) is 0.505. The number of aromatic nitrogens is 3. The number of hydrogen-bond acceptors (Lipinski definition) is 5. The summed E-state index contributed by atoms with van der Waals surface area (Å²) in [6, 6.07) is -1.67. The first-order valence-corrected chi connectivity index (χ1v) is 5.24. The Kier molecular flexibility index (Phi) is 5.06. The molecule has 1 aromatic heterocycles. The van der Waals surface area contributed by atoms with E-state index in [0.29, 0.717) is 5.82 Å². The molecule has 1 heterocycles. The van der Waals surface area contributed by atoms with E-state index in [4.69, 9.17) is 10.2 Å². The van der Waals surface area contributed by atoms with Crippen LogP contribution in [0, 0.1) is 0 Å². The number of aliphatic hydroxyl groups is 1. The number of carboxylic acids is 1. The maximum atomic E-state index is 11.7. The van der Waals surface area contributed by atoms with Crippen molar-refractivity contribution in [2.75, 3.05) is 13.7 Å². The van der Waals surface area contributed by atoms with Gasteiger partial charge in [-0.3, -0.25) is 5.10 Å². The van der Waals surface area contributed by atoms with Crippen LogP contribution in [0.5, 0.6) is 0 Å². The third-order valence-electron chi connectivity index (χ3n) is 2.21. The van der Waals surface area contributed by atoms with Gasteiger partial charge in [-0.05, 0) is 0 Å². The Labute approximate surface area is 103 Å². The average molecular weight is 257 g/mol. The second-order valence-corrected chi connectivity index (χ2v) is 3.64. The van der Waals surface area contributed by atoms with Crippen LogP contribution in [-0.2, 0) is 11.3 Å². The van der Waals surface area contributed by atoms with Gasteiger partial charge in [0.1, 0.15) is 18.2 Å². The lowest BCUT2D eigenvalue weighted by atomic mass is 10.2. The number of carboxylic acid groups (broad SMARTS) is 1. The van der Waals surface area contributed by atoms with E-state index in [1.54, 1.807) is 0 Å². The predicted molar refractivity (Wildman–Crippen MR) is 59.5 cm³/mol. The molecule has 0 aliphatic heterocycles. The van der Waals surface area contributed by atoms with E-state index < -0.39 is 18.0 Å². The summed E-state index contributed by atoms with van der Waals surface area (Å²) in [7, 11) is 1.50. The number of aromatic amines is 1. The summed E-state index contributed by atoms with van der Waals surface area (Å²) in [6.07, 6.45) is 1.27. The highest BCUT2D eigenvalue weighted by Crippen LogP contribution is 1.97. The summed E-state index contributed by atoms with van der Waals surface area (Å²) in [5.41, 5.74) is 0. The molecular formula is C9H15N5O4. The molecule has 0 aliphatic rings. The van der Waals surface area contributed by atoms with Crippen LogP contribution in [0.3, 0.4) is 0 Å². The molecule has 9 nitrogen and oxygen atoms in total. The number of nitrogens with zero attached hydrogens (tertiary/aromatic N) is 3. The van der Waals surface area contributed by atoms with E-state index in [1.165, 1.54) is 18.3 Å². The molecule has 100 valence electrons. The molecule has 0 spiro atoms. The molecule has 0 aliphatic carbocycles. The molecule has 0 bridgehead atoms. The molecule has 9 heteroatoms. The average Bonchev–Trinajstić information content (AvgIpc) is 2.80. The minimum Gasteiger partial charge on any atom is -0.480 e. The molecular weight excluding hydrogens is 242 g/mol. The minimum atomic E-state index is -1.19. The maximum Gasteiger partial charge on any atom is 0.326 e. The number of aliphatic hydroxyl groups excluding tert-OH is 1. The van der Waals surface area contributed by atoms with Crippen LogP contribution in [0.1, 0.15) is 12.2 Å². The summed E-state index contributed by atoms with van der Waals surface area (Å²) in [5.74, 6) is -0.702. The van der Waals surface area contributed by atoms with E-state index in [2.05, 4.69) is 20.5 Å². The molecule has 0 aromatic carbocycles. The fourth-order valence-electron chi connectivity index (χ4n) is 1.25. The highest BCUT2D eigenvalue weighted by atomic mass is 16.4. The van der Waals surface area contributed by atoms with Gasteiger partial charge in [0.15, 0.2) is 0 Å². The number of carbonyl (C=O) groups excluding carboxylic acids is 1. The molecule has 4 N–H and O–H groups in total. The fourth-order valence-corrected chi connectivity index (χ4v) is 1.25. The van der Waals surface area contributed by atoms with Gasteiger partial charge in [0.25, 0.3) is 0 Å². The zero-order valence-corrected chi connectivity index (χ0v) is 9.83. The lowest BCUT2D eigenvalue weighted by Crippen LogP contribution is -2.46. The number of aliphatic carboxylic acids is 1. The van der Waals surface area contributed by atoms with Crippen LogP contribution < -0.4 is 5.32 Å². The minimum absolute atomic E-state index is 0.0444. The maximum absolute atomic E-state index is 11.7. The van der Waals surface area contributed by atoms with E-state index in [-0.39, 0.29) is 19.6 Å². The van der Waals surface area contributed by atoms with Crippen LogP contribution in [0.2, 0.25) is 0 Å². The third kappa shape index (κ3) is 4.01. The first-order valence-electron chi connectivity index (χ1n) is 5.24. The number of nitrogens with one attached hydrogen (secondary N) is 2. The number of carbonyl (C=O) groups is 2. The molecule has 1 unspecified atom stereocenters. The number of rotatable bonds is 6. The molecule has 0 fully saturated rings. The lowest BCUT2D eigenvalue weighted by molar-refractivity contribution is -0.139. The normalized spacial score (nSPS) is 11.9. The Hall–Kier alpha value is -2.16. The van der Waals surface area contributed by atoms with Crippen LogP contribution in [-0.4, -0.2) is 62.0 Å². The molecule has 0 saturated carbocycles. The van der Waals surface area contributed by atoms with Gasteiger partial charge in [0.2, 0.25) is 0 Å². The standard InChI is InChI=1S/C9H15N5O4/c1-14(4-7-10-5-11-13-7)9(18)12-6(2-3-15)8(16)17/h5-6,15H,2-4H2,1H3,(H,12,18)(H,16,17)(H,10,11,13). The first-order chi connectivity index (χ1) is 8.54. The summed E-state index contributed by atoms with van der Waals surface area (Å²) in [5, 5.41) is 26.0. The van der Waals surface area contributed by atoms with Crippen molar-refractivity contribution >= 4 is 12.0 Å². The number of hydrogen-bond donors (Lipinski definition) is 4. The van der Waals surface area contributed by atoms with Gasteiger partial charge >= 0.3 is 12.0 Å². The molecule has 1 aromatic rings. The fraction of sp³-hybridized carbons (Fsp3) is 0.556. The van der Waals surface area contributed by atoms with Crippen molar-refractivity contribution < 1.29 is 19.8 Å². The van der Waals surface area contributed by atoms with E-state index >= 15 is 0 Å². The molecule has 2 amide bonds. The second kappa shape index (κ2) is 6.55. The van der Waals surface area contributed by atoms with Crippen LogP contribution in [0.15, 0.2) is 6.33 Å². The van der Waals surface area contributed by atoms with Gasteiger partial charge in [-0.1, -0.05) is 0 Å². The summed E-state index contributed by atoms with van der Waals surface area (Å²) in [4.78, 5) is 27.6. The Bertz CT molecular complexity index is 394. The van der Waals surface area contributed by atoms with Crippen molar-refractivity contribution in [3.63, 3.8) is 0 Å². The Morgan fingerprint density at radius 2 is 2.33 bits per heavy atom. The van der Waals surface area contributed by atoms with Gasteiger partial charge < -0.3 is 20.4 Å². The molecule has 0 saturated heterocycles. The topological polar surface area (TPSA) is 131 Å². The van der Waals surface area contributed by atoms with Crippen molar-refractivity contribution in [3.05, 3.63) is 12.2 Å². The third-order valence-corrected chi connectivity index (χ3v) is 2.21. The van der Waals surface area contributed by atoms with E-state index in [9.17, 15) is 9.59 Å². The molecule has 1 atom stereocenters. The Morgan fingerprint density at radius 3 is 2.83 bits per heavy atom. The van der Waals surface area contributed by atoms with Gasteiger partial charge in [-0.25, -0.2) is 14.6 Å². The van der Waals surface area contributed by atoms with Crippen molar-refractivity contribution in [3.8, 4) is 0 Å². The highest BCUT2D eigenvalue weighted by molar-refractivity contribution is 5.82. The summed E-state index contributed by atoms with van der Waals surface area (Å²) < 4.78 is 0. The van der Waals surface area contributed by atoms with E-state index in [0.717, 1.165) is 0 Å². The number of amides is 2. The zero-order chi connectivity index (χ0) is 13.5.